The molecule has 0 aliphatic carbocycles. The van der Waals surface area contributed by atoms with Crippen LogP contribution >= 0.6 is 0 Å². The minimum Gasteiger partial charge on any atom is -0.341 e. The average Bonchev–Trinajstić information content (AvgIpc) is 3.27. The van der Waals surface area contributed by atoms with E-state index in [1.807, 2.05) is 0 Å². The Labute approximate surface area is 153 Å². The fourth-order valence-electron chi connectivity index (χ4n) is 3.23. The second-order valence-corrected chi connectivity index (χ2v) is 8.59. The third-order valence-electron chi connectivity index (χ3n) is 4.59. The first-order chi connectivity index (χ1) is 13.0. The molecular weight excluding hydrogens is 371 g/mol. The zero-order valence-electron chi connectivity index (χ0n) is 13.9. The van der Waals surface area contributed by atoms with Crippen molar-refractivity contribution in [3.05, 3.63) is 48.9 Å². The molecule has 10 heteroatoms. The van der Waals surface area contributed by atoms with Gasteiger partial charge in [-0.25, -0.2) is 27.8 Å². The Morgan fingerprint density at radius 2 is 1.85 bits per heavy atom. The van der Waals surface area contributed by atoms with Gasteiger partial charge in [-0.1, -0.05) is 0 Å². The smallest absolute Gasteiger partial charge is 0.181 e. The number of hydrogen-bond acceptors (Lipinski definition) is 6. The number of benzene rings is 1. The number of hydrogen-bond donors (Lipinski definition) is 1. The molecule has 136 valence electrons. The van der Waals surface area contributed by atoms with Gasteiger partial charge in [0.1, 0.15) is 29.0 Å². The van der Waals surface area contributed by atoms with Gasteiger partial charge in [-0.3, -0.25) is 4.68 Å². The highest BCUT2D eigenvalue weighted by molar-refractivity contribution is 7.92. The molecule has 0 unspecified atom stereocenters. The van der Waals surface area contributed by atoms with Crippen LogP contribution in [0.2, 0.25) is 0 Å². The van der Waals surface area contributed by atoms with E-state index in [-0.39, 0.29) is 23.4 Å². The predicted molar refractivity (Wildman–Crippen MR) is 96.0 cm³/mol. The largest absolute Gasteiger partial charge is 0.341 e. The molecule has 0 saturated carbocycles. The first-order valence-corrected chi connectivity index (χ1v) is 10.0. The van der Waals surface area contributed by atoms with Gasteiger partial charge in [0.15, 0.2) is 15.5 Å². The fraction of sp³-hybridized carbons (Fsp3) is 0.176. The maximum atomic E-state index is 13.3. The molecule has 4 aromatic rings. The van der Waals surface area contributed by atoms with Gasteiger partial charge in [0.05, 0.1) is 23.9 Å². The summed E-state index contributed by atoms with van der Waals surface area (Å²) in [6.45, 7) is 0. The van der Waals surface area contributed by atoms with Crippen LogP contribution in [0, 0.1) is 5.82 Å². The molecule has 0 bridgehead atoms. The van der Waals surface area contributed by atoms with Gasteiger partial charge in [0.25, 0.3) is 0 Å². The summed E-state index contributed by atoms with van der Waals surface area (Å²) in [4.78, 5) is 15.7. The van der Waals surface area contributed by atoms with E-state index in [1.54, 1.807) is 23.0 Å². The quantitative estimate of drug-likeness (QED) is 0.579. The maximum absolute atomic E-state index is 13.3. The number of imidazole rings is 1. The van der Waals surface area contributed by atoms with Crippen molar-refractivity contribution in [1.82, 2.24) is 29.7 Å². The van der Waals surface area contributed by atoms with Gasteiger partial charge in [-0.15, -0.1) is 0 Å². The Kier molecular flexibility index (Phi) is 3.38. The zero-order valence-corrected chi connectivity index (χ0v) is 14.7. The van der Waals surface area contributed by atoms with E-state index >= 15 is 0 Å². The molecule has 0 atom stereocenters. The number of halogens is 1. The zero-order chi connectivity index (χ0) is 18.6. The molecular formula is C17H13FN6O2S. The van der Waals surface area contributed by atoms with Gasteiger partial charge >= 0.3 is 0 Å². The second kappa shape index (κ2) is 5.68. The van der Waals surface area contributed by atoms with E-state index in [2.05, 4.69) is 25.0 Å². The van der Waals surface area contributed by atoms with Crippen molar-refractivity contribution in [1.29, 1.82) is 0 Å². The Bertz CT molecular complexity index is 1250. The molecule has 1 aliphatic heterocycles. The molecule has 5 rings (SSSR count). The van der Waals surface area contributed by atoms with Crippen molar-refractivity contribution in [2.45, 2.75) is 6.04 Å². The van der Waals surface area contributed by atoms with Crippen LogP contribution in [0.1, 0.15) is 6.04 Å². The molecule has 3 aromatic heterocycles. The second-order valence-electron chi connectivity index (χ2n) is 6.43. The first kappa shape index (κ1) is 16.1. The van der Waals surface area contributed by atoms with Crippen molar-refractivity contribution in [2.75, 3.05) is 11.5 Å². The SMILES string of the molecule is O=S1(=O)CC(n2cc(-c3ncnc4nc[nH]c34)c(-c3ccc(F)cc3)n2)C1. The number of rotatable bonds is 3. The van der Waals surface area contributed by atoms with E-state index < -0.39 is 9.84 Å². The van der Waals surface area contributed by atoms with Gasteiger partial charge in [0, 0.05) is 17.3 Å². The topological polar surface area (TPSA) is 106 Å². The predicted octanol–water partition coefficient (Wildman–Crippen LogP) is 1.99. The third kappa shape index (κ3) is 2.69. The molecule has 0 amide bonds. The van der Waals surface area contributed by atoms with Crippen molar-refractivity contribution in [3.8, 4) is 22.5 Å². The van der Waals surface area contributed by atoms with Gasteiger partial charge < -0.3 is 4.98 Å². The summed E-state index contributed by atoms with van der Waals surface area (Å²) in [5.74, 6) is -0.233. The lowest BCUT2D eigenvalue weighted by atomic mass is 10.1. The van der Waals surface area contributed by atoms with Gasteiger partial charge in [0.2, 0.25) is 0 Å². The van der Waals surface area contributed by atoms with E-state index in [1.165, 1.54) is 24.8 Å². The summed E-state index contributed by atoms with van der Waals surface area (Å²) in [6.07, 6.45) is 4.72. The molecule has 1 N–H and O–H groups in total. The van der Waals surface area contributed by atoms with Crippen LogP contribution in [0.4, 0.5) is 4.39 Å². The molecule has 27 heavy (non-hydrogen) atoms. The number of nitrogens with one attached hydrogen (secondary N) is 1. The standard InChI is InChI=1S/C17H13FN6O2S/c18-11-3-1-10(2-4-11)14-13(5-24(23-14)12-6-27(25,26)7-12)15-16-17(21-8-19-15)22-9-20-16/h1-5,8-9,12H,6-7H2,(H,19,20,21,22). The number of aromatic amines is 1. The van der Waals surface area contributed by atoms with Crippen LogP contribution in [0.5, 0.6) is 0 Å². The van der Waals surface area contributed by atoms with Crippen LogP contribution in [0.3, 0.4) is 0 Å². The molecule has 0 radical (unpaired) electrons. The fourth-order valence-corrected chi connectivity index (χ4v) is 4.61. The normalized spacial score (nSPS) is 16.5. The number of H-pyrrole nitrogens is 1. The van der Waals surface area contributed by atoms with Crippen LogP contribution in [-0.2, 0) is 9.84 Å². The summed E-state index contributed by atoms with van der Waals surface area (Å²) in [5.41, 5.74) is 3.77. The highest BCUT2D eigenvalue weighted by Gasteiger charge is 2.36. The number of nitrogens with zero attached hydrogens (tertiary/aromatic N) is 5. The Morgan fingerprint density at radius 3 is 2.59 bits per heavy atom. The van der Waals surface area contributed by atoms with E-state index in [9.17, 15) is 12.8 Å². The van der Waals surface area contributed by atoms with Gasteiger partial charge in [-0.05, 0) is 24.3 Å². The Balaban J connectivity index is 1.70. The molecule has 1 saturated heterocycles. The molecule has 8 nitrogen and oxygen atoms in total. The lowest BCUT2D eigenvalue weighted by Crippen LogP contribution is -2.38. The Hall–Kier alpha value is -3.14. The lowest BCUT2D eigenvalue weighted by Gasteiger charge is -2.25. The van der Waals surface area contributed by atoms with Crippen molar-refractivity contribution in [3.63, 3.8) is 0 Å². The number of fused-ring (bicyclic) bond motifs is 1. The van der Waals surface area contributed by atoms with Crippen molar-refractivity contribution in [2.24, 2.45) is 0 Å². The van der Waals surface area contributed by atoms with Crippen LogP contribution in [0.15, 0.2) is 43.1 Å². The first-order valence-electron chi connectivity index (χ1n) is 8.20. The van der Waals surface area contributed by atoms with Crippen molar-refractivity contribution < 1.29 is 12.8 Å². The highest BCUT2D eigenvalue weighted by Crippen LogP contribution is 2.35. The molecule has 1 fully saturated rings. The lowest BCUT2D eigenvalue weighted by molar-refractivity contribution is 0.474. The summed E-state index contributed by atoms with van der Waals surface area (Å²) in [5, 5.41) is 4.60. The number of sulfone groups is 1. The summed E-state index contributed by atoms with van der Waals surface area (Å²) in [6, 6.07) is 5.76. The molecule has 0 spiro atoms. The van der Waals surface area contributed by atoms with Gasteiger partial charge in [-0.2, -0.15) is 5.10 Å². The maximum Gasteiger partial charge on any atom is 0.181 e. The average molecular weight is 384 g/mol. The van der Waals surface area contributed by atoms with Crippen LogP contribution in [0.25, 0.3) is 33.7 Å². The number of aromatic nitrogens is 6. The summed E-state index contributed by atoms with van der Waals surface area (Å²) < 4.78 is 38.1. The Morgan fingerprint density at radius 1 is 1.07 bits per heavy atom. The molecule has 1 aliphatic rings. The van der Waals surface area contributed by atoms with E-state index in [4.69, 9.17) is 0 Å². The minimum atomic E-state index is -3.00. The highest BCUT2D eigenvalue weighted by atomic mass is 32.2. The van der Waals surface area contributed by atoms with Crippen LogP contribution in [-0.4, -0.2) is 49.6 Å². The van der Waals surface area contributed by atoms with Crippen molar-refractivity contribution >= 4 is 21.0 Å². The van der Waals surface area contributed by atoms with E-state index in [0.29, 0.717) is 33.7 Å². The monoisotopic (exact) mass is 384 g/mol. The third-order valence-corrected chi connectivity index (χ3v) is 6.38. The molecule has 1 aromatic carbocycles. The summed E-state index contributed by atoms with van der Waals surface area (Å²) >= 11 is 0. The molecule has 4 heterocycles. The minimum absolute atomic E-state index is 0.0558. The summed E-state index contributed by atoms with van der Waals surface area (Å²) in [7, 11) is -3.00. The van der Waals surface area contributed by atoms with E-state index in [0.717, 1.165) is 0 Å². The van der Waals surface area contributed by atoms with Crippen LogP contribution < -0.4 is 0 Å².